The summed E-state index contributed by atoms with van der Waals surface area (Å²) in [6, 6.07) is 0. The quantitative estimate of drug-likeness (QED) is 0.536. The van der Waals surface area contributed by atoms with Crippen molar-refractivity contribution in [3.05, 3.63) is 11.9 Å². The van der Waals surface area contributed by atoms with Crippen molar-refractivity contribution in [2.24, 2.45) is 0 Å². The fourth-order valence-electron chi connectivity index (χ4n) is 1.46. The second-order valence-electron chi connectivity index (χ2n) is 4.79. The molecule has 0 aromatic carbocycles. The van der Waals surface area contributed by atoms with Gasteiger partial charge >= 0.3 is 0 Å². The molecule has 0 saturated carbocycles. The van der Waals surface area contributed by atoms with Gasteiger partial charge in [-0.1, -0.05) is 6.92 Å². The first kappa shape index (κ1) is 12.3. The molecule has 0 aromatic heterocycles. The maximum atomic E-state index is 3.41. The van der Waals surface area contributed by atoms with Crippen LogP contribution in [0.25, 0.3) is 0 Å². The average Bonchev–Trinajstić information content (AvgIpc) is 1.99. The van der Waals surface area contributed by atoms with Crippen molar-refractivity contribution in [3.8, 4) is 0 Å². The van der Waals surface area contributed by atoms with Crippen LogP contribution in [-0.2, 0) is 0 Å². The average molecular weight is 213 g/mol. The molecule has 0 saturated heterocycles. The lowest BCUT2D eigenvalue weighted by Crippen LogP contribution is -2.60. The van der Waals surface area contributed by atoms with Gasteiger partial charge in [-0.3, -0.25) is 10.7 Å². The number of likely N-dealkylation sites (N-methyl/N-ethyl adjacent to an activating group) is 1. The summed E-state index contributed by atoms with van der Waals surface area (Å²) in [5, 5.41) is 8.58. The molecule has 1 rings (SSSR count). The Labute approximate surface area is 92.2 Å². The zero-order valence-corrected chi connectivity index (χ0v) is 10.3. The van der Waals surface area contributed by atoms with Crippen molar-refractivity contribution in [3.63, 3.8) is 0 Å². The first-order valence-electron chi connectivity index (χ1n) is 5.40. The highest BCUT2D eigenvalue weighted by Gasteiger charge is 2.18. The van der Waals surface area contributed by atoms with E-state index >= 15 is 0 Å². The molecule has 1 heterocycles. The number of nitrogens with one attached hydrogen (secondary N) is 4. The number of nitrogens with zero attached hydrogens (tertiary/aromatic N) is 1. The van der Waals surface area contributed by atoms with Crippen molar-refractivity contribution < 1.29 is 0 Å². The fraction of sp³-hybridized carbons (Fsp3) is 0.800. The van der Waals surface area contributed by atoms with Crippen LogP contribution in [0, 0.1) is 0 Å². The molecule has 0 amide bonds. The summed E-state index contributed by atoms with van der Waals surface area (Å²) < 4.78 is 0. The first-order valence-corrected chi connectivity index (χ1v) is 5.40. The van der Waals surface area contributed by atoms with Crippen LogP contribution in [0.3, 0.4) is 0 Å². The molecule has 5 heteroatoms. The van der Waals surface area contributed by atoms with Crippen molar-refractivity contribution in [1.29, 1.82) is 0 Å². The van der Waals surface area contributed by atoms with E-state index in [-0.39, 0.29) is 11.7 Å². The lowest BCUT2D eigenvalue weighted by atomic mass is 10.1. The van der Waals surface area contributed by atoms with Crippen molar-refractivity contribution >= 4 is 0 Å². The largest absolute Gasteiger partial charge is 0.366 e. The molecule has 1 unspecified atom stereocenters. The van der Waals surface area contributed by atoms with Gasteiger partial charge in [-0.2, -0.15) is 5.12 Å². The van der Waals surface area contributed by atoms with Gasteiger partial charge in [0.05, 0.1) is 6.17 Å². The SMILES string of the molecule is CCNC1C=C(NC(C)(C)C)NN(C)N1. The van der Waals surface area contributed by atoms with Crippen LogP contribution in [0.5, 0.6) is 0 Å². The van der Waals surface area contributed by atoms with E-state index < -0.39 is 0 Å². The second kappa shape index (κ2) is 4.83. The Kier molecular flexibility index (Phi) is 3.96. The molecule has 1 aliphatic heterocycles. The van der Waals surface area contributed by atoms with Crippen LogP contribution in [0.2, 0.25) is 0 Å². The predicted molar refractivity (Wildman–Crippen MR) is 62.5 cm³/mol. The molecule has 1 atom stereocenters. The van der Waals surface area contributed by atoms with E-state index in [0.717, 1.165) is 12.4 Å². The van der Waals surface area contributed by atoms with Gasteiger partial charge in [0.1, 0.15) is 5.82 Å². The highest BCUT2D eigenvalue weighted by atomic mass is 15.7. The van der Waals surface area contributed by atoms with E-state index in [1.807, 2.05) is 12.2 Å². The first-order chi connectivity index (χ1) is 6.90. The highest BCUT2D eigenvalue weighted by molar-refractivity contribution is 5.06. The molecule has 1 aliphatic rings. The van der Waals surface area contributed by atoms with E-state index in [2.05, 4.69) is 55.3 Å². The normalized spacial score (nSPS) is 23.3. The van der Waals surface area contributed by atoms with Crippen LogP contribution in [-0.4, -0.2) is 30.4 Å². The smallest absolute Gasteiger partial charge is 0.114 e. The Morgan fingerprint density at radius 3 is 2.67 bits per heavy atom. The van der Waals surface area contributed by atoms with Gasteiger partial charge in [0, 0.05) is 12.6 Å². The van der Waals surface area contributed by atoms with E-state index in [0.29, 0.717) is 0 Å². The van der Waals surface area contributed by atoms with E-state index in [1.165, 1.54) is 0 Å². The molecule has 5 nitrogen and oxygen atoms in total. The second-order valence-corrected chi connectivity index (χ2v) is 4.79. The summed E-state index contributed by atoms with van der Waals surface area (Å²) in [7, 11) is 1.95. The molecule has 0 bridgehead atoms. The van der Waals surface area contributed by atoms with E-state index in [4.69, 9.17) is 0 Å². The number of hydrogen-bond donors (Lipinski definition) is 4. The van der Waals surface area contributed by atoms with Crippen LogP contribution in [0.1, 0.15) is 27.7 Å². The van der Waals surface area contributed by atoms with Crippen molar-refractivity contribution in [2.45, 2.75) is 39.4 Å². The molecular weight excluding hydrogens is 190 g/mol. The molecule has 4 N–H and O–H groups in total. The molecule has 15 heavy (non-hydrogen) atoms. The zero-order valence-electron chi connectivity index (χ0n) is 10.3. The van der Waals surface area contributed by atoms with Crippen LogP contribution >= 0.6 is 0 Å². The van der Waals surface area contributed by atoms with Crippen LogP contribution in [0.15, 0.2) is 11.9 Å². The van der Waals surface area contributed by atoms with Crippen LogP contribution < -0.4 is 21.5 Å². The topological polar surface area (TPSA) is 51.4 Å². The monoisotopic (exact) mass is 213 g/mol. The van der Waals surface area contributed by atoms with Crippen molar-refractivity contribution in [1.82, 2.24) is 26.6 Å². The molecule has 0 fully saturated rings. The zero-order chi connectivity index (χ0) is 11.5. The summed E-state index contributed by atoms with van der Waals surface area (Å²) in [5.41, 5.74) is 6.48. The van der Waals surface area contributed by atoms with E-state index in [9.17, 15) is 0 Å². The minimum absolute atomic E-state index is 0.0633. The standard InChI is InChI=1S/C10H23N5/c1-6-11-8-7-9(12-10(2,3)4)14-15(5)13-8/h7-8,11-14H,6H2,1-5H3. The van der Waals surface area contributed by atoms with Gasteiger partial charge in [0.2, 0.25) is 0 Å². The predicted octanol–water partition coefficient (Wildman–Crippen LogP) is 0.106. The Morgan fingerprint density at radius 2 is 2.13 bits per heavy atom. The van der Waals surface area contributed by atoms with Gasteiger partial charge < -0.3 is 5.32 Å². The third kappa shape index (κ3) is 4.51. The Morgan fingerprint density at radius 1 is 1.47 bits per heavy atom. The minimum Gasteiger partial charge on any atom is -0.366 e. The Hall–Kier alpha value is -0.780. The highest BCUT2D eigenvalue weighted by Crippen LogP contribution is 2.04. The van der Waals surface area contributed by atoms with Gasteiger partial charge in [-0.25, -0.2) is 5.43 Å². The lowest BCUT2D eigenvalue weighted by molar-refractivity contribution is 0.122. The summed E-state index contributed by atoms with van der Waals surface area (Å²) >= 11 is 0. The van der Waals surface area contributed by atoms with Gasteiger partial charge in [0.25, 0.3) is 0 Å². The summed E-state index contributed by atoms with van der Waals surface area (Å²) in [4.78, 5) is 0. The molecule has 0 radical (unpaired) electrons. The molecule has 0 aromatic rings. The fourth-order valence-corrected chi connectivity index (χ4v) is 1.46. The third-order valence-corrected chi connectivity index (χ3v) is 1.89. The number of hydrazine groups is 2. The molecule has 88 valence electrons. The Bertz CT molecular complexity index is 230. The molecular formula is C10H23N5. The number of rotatable bonds is 3. The molecule has 0 aliphatic carbocycles. The number of hydrogen-bond acceptors (Lipinski definition) is 5. The maximum absolute atomic E-state index is 3.41. The summed E-state index contributed by atoms with van der Waals surface area (Å²) in [5.74, 6) is 1.02. The van der Waals surface area contributed by atoms with Crippen molar-refractivity contribution in [2.75, 3.05) is 13.6 Å². The summed E-state index contributed by atoms with van der Waals surface area (Å²) in [6.45, 7) is 9.44. The third-order valence-electron chi connectivity index (χ3n) is 1.89. The maximum Gasteiger partial charge on any atom is 0.114 e. The lowest BCUT2D eigenvalue weighted by Gasteiger charge is -2.35. The van der Waals surface area contributed by atoms with Gasteiger partial charge in [-0.05, 0) is 33.4 Å². The van der Waals surface area contributed by atoms with E-state index in [1.54, 1.807) is 0 Å². The van der Waals surface area contributed by atoms with Gasteiger partial charge in [-0.15, -0.1) is 0 Å². The minimum atomic E-state index is 0.0633. The Balaban J connectivity index is 2.61. The van der Waals surface area contributed by atoms with Crippen LogP contribution in [0.4, 0.5) is 0 Å². The van der Waals surface area contributed by atoms with Gasteiger partial charge in [0.15, 0.2) is 0 Å². The molecule has 0 spiro atoms. The summed E-state index contributed by atoms with van der Waals surface area (Å²) in [6.07, 6.45) is 2.28.